The van der Waals surface area contributed by atoms with Crippen LogP contribution in [0.15, 0.2) is 18.2 Å². The van der Waals surface area contributed by atoms with E-state index < -0.39 is 0 Å². The SMILES string of the molecule is N#Cc1nc2ccc(NC(=O)CNC(=O)CCOCCOCCOCCOCCNC(=O)CCCC[C@@H]3SC[C@@H]4NC(=O)N[C@@H]43)cc2s1. The average molecular weight is 706 g/mol. The van der Waals surface area contributed by atoms with E-state index in [2.05, 4.69) is 31.6 Å². The third-order valence-corrected chi connectivity index (χ3v) is 9.88. The van der Waals surface area contributed by atoms with Gasteiger partial charge in [-0.2, -0.15) is 17.0 Å². The highest BCUT2D eigenvalue weighted by molar-refractivity contribution is 8.00. The van der Waals surface area contributed by atoms with Crippen LogP contribution in [0.25, 0.3) is 10.2 Å². The number of hydrogen-bond acceptors (Lipinski definition) is 12. The molecule has 2 aliphatic heterocycles. The lowest BCUT2D eigenvalue weighted by atomic mass is 10.0. The zero-order valence-electron chi connectivity index (χ0n) is 26.8. The van der Waals surface area contributed by atoms with Gasteiger partial charge in [0.1, 0.15) is 6.07 Å². The van der Waals surface area contributed by atoms with Crippen molar-refractivity contribution in [2.75, 3.05) is 77.0 Å². The van der Waals surface area contributed by atoms with Gasteiger partial charge < -0.3 is 45.5 Å². The number of amides is 5. The van der Waals surface area contributed by atoms with Crippen molar-refractivity contribution in [2.24, 2.45) is 0 Å². The summed E-state index contributed by atoms with van der Waals surface area (Å²) in [4.78, 5) is 51.8. The second-order valence-electron chi connectivity index (χ2n) is 11.1. The molecule has 1 aromatic heterocycles. The molecule has 3 atom stereocenters. The molecule has 5 amide bonds. The number of benzene rings is 1. The molecular weight excluding hydrogens is 663 g/mol. The summed E-state index contributed by atoms with van der Waals surface area (Å²) in [5, 5.41) is 23.8. The first-order valence-electron chi connectivity index (χ1n) is 16.0. The van der Waals surface area contributed by atoms with Gasteiger partial charge in [-0.1, -0.05) is 6.42 Å². The number of carbonyl (C=O) groups is 4. The maximum atomic E-state index is 12.2. The van der Waals surface area contributed by atoms with Gasteiger partial charge in [0.15, 0.2) is 5.01 Å². The van der Waals surface area contributed by atoms with Crippen LogP contribution >= 0.6 is 23.1 Å². The summed E-state index contributed by atoms with van der Waals surface area (Å²) in [5.41, 5.74) is 1.25. The van der Waals surface area contributed by atoms with Crippen LogP contribution in [0.2, 0.25) is 0 Å². The van der Waals surface area contributed by atoms with Crippen LogP contribution in [0.3, 0.4) is 0 Å². The Balaban J connectivity index is 0.859. The summed E-state index contributed by atoms with van der Waals surface area (Å²) >= 11 is 3.13. The number of urea groups is 1. The predicted octanol–water partition coefficient (Wildman–Crippen LogP) is 1.52. The molecule has 48 heavy (non-hydrogen) atoms. The maximum absolute atomic E-state index is 12.2. The minimum absolute atomic E-state index is 0.0205. The van der Waals surface area contributed by atoms with Crippen LogP contribution in [0.1, 0.15) is 37.1 Å². The van der Waals surface area contributed by atoms with Gasteiger partial charge in [0.25, 0.3) is 0 Å². The number of thiazole rings is 1. The van der Waals surface area contributed by atoms with Gasteiger partial charge in [0.2, 0.25) is 17.7 Å². The average Bonchev–Trinajstić information content (AvgIpc) is 3.77. The summed E-state index contributed by atoms with van der Waals surface area (Å²) in [6.45, 7) is 3.24. The highest BCUT2D eigenvalue weighted by Gasteiger charge is 2.42. The molecule has 0 spiro atoms. The number of carbonyl (C=O) groups excluding carboxylic acids is 4. The van der Waals surface area contributed by atoms with Crippen LogP contribution in [-0.4, -0.2) is 118 Å². The Morgan fingerprint density at radius 2 is 1.60 bits per heavy atom. The van der Waals surface area contributed by atoms with Crippen LogP contribution in [0, 0.1) is 11.3 Å². The third-order valence-electron chi connectivity index (χ3n) is 7.45. The highest BCUT2D eigenvalue weighted by Crippen LogP contribution is 2.33. The summed E-state index contributed by atoms with van der Waals surface area (Å²) < 4.78 is 22.6. The first kappa shape index (κ1) is 37.3. The Labute approximate surface area is 287 Å². The lowest BCUT2D eigenvalue weighted by Gasteiger charge is -2.16. The minimum Gasteiger partial charge on any atom is -0.379 e. The van der Waals surface area contributed by atoms with E-state index in [-0.39, 0.29) is 55.4 Å². The number of nitrogens with zero attached hydrogens (tertiary/aromatic N) is 2. The number of fused-ring (bicyclic) bond motifs is 2. The molecular formula is C31H43N7O8S2. The second-order valence-corrected chi connectivity index (χ2v) is 13.4. The monoisotopic (exact) mass is 705 g/mol. The number of anilines is 1. The maximum Gasteiger partial charge on any atom is 0.315 e. The van der Waals surface area contributed by atoms with Crippen LogP contribution in [-0.2, 0) is 33.3 Å². The van der Waals surface area contributed by atoms with E-state index in [4.69, 9.17) is 24.2 Å². The Kier molecular flexibility index (Phi) is 16.1. The molecule has 0 aliphatic carbocycles. The van der Waals surface area contributed by atoms with Crippen molar-refractivity contribution in [1.82, 2.24) is 26.3 Å². The van der Waals surface area contributed by atoms with Gasteiger partial charge in [-0.15, -0.1) is 11.3 Å². The van der Waals surface area contributed by atoms with Crippen molar-refractivity contribution >= 4 is 62.8 Å². The van der Waals surface area contributed by atoms with Crippen molar-refractivity contribution in [3.63, 3.8) is 0 Å². The fraction of sp³-hybridized carbons (Fsp3) is 0.613. The van der Waals surface area contributed by atoms with Gasteiger partial charge in [0.05, 0.1) is 81.7 Å². The fourth-order valence-electron chi connectivity index (χ4n) is 5.07. The second kappa shape index (κ2) is 20.8. The molecule has 2 saturated heterocycles. The van der Waals surface area contributed by atoms with E-state index in [1.165, 1.54) is 11.3 Å². The molecule has 17 heteroatoms. The molecule has 5 N–H and O–H groups in total. The van der Waals surface area contributed by atoms with E-state index in [9.17, 15) is 19.2 Å². The van der Waals surface area contributed by atoms with Crippen molar-refractivity contribution in [3.05, 3.63) is 23.2 Å². The minimum atomic E-state index is -0.365. The topological polar surface area (TPSA) is 202 Å². The number of nitriles is 1. The molecule has 4 rings (SSSR count). The Morgan fingerprint density at radius 3 is 2.35 bits per heavy atom. The highest BCUT2D eigenvalue weighted by atomic mass is 32.2. The fourth-order valence-corrected chi connectivity index (χ4v) is 7.42. The number of rotatable bonds is 23. The van der Waals surface area contributed by atoms with E-state index in [1.54, 1.807) is 18.2 Å². The van der Waals surface area contributed by atoms with Crippen molar-refractivity contribution in [2.45, 2.75) is 49.4 Å². The van der Waals surface area contributed by atoms with Crippen molar-refractivity contribution < 1.29 is 38.1 Å². The van der Waals surface area contributed by atoms with E-state index >= 15 is 0 Å². The van der Waals surface area contributed by atoms with Crippen LogP contribution < -0.4 is 26.6 Å². The van der Waals surface area contributed by atoms with E-state index in [0.717, 1.165) is 29.7 Å². The molecule has 0 unspecified atom stereocenters. The van der Waals surface area contributed by atoms with E-state index in [0.29, 0.717) is 80.7 Å². The molecule has 0 radical (unpaired) electrons. The number of nitrogens with one attached hydrogen (secondary N) is 5. The van der Waals surface area contributed by atoms with Crippen LogP contribution in [0.4, 0.5) is 10.5 Å². The van der Waals surface area contributed by atoms with Crippen molar-refractivity contribution in [1.29, 1.82) is 5.26 Å². The van der Waals surface area contributed by atoms with Crippen LogP contribution in [0.5, 0.6) is 0 Å². The molecule has 262 valence electrons. The Hall–Kier alpha value is -3.53. The van der Waals surface area contributed by atoms with Gasteiger partial charge in [-0.05, 0) is 31.0 Å². The van der Waals surface area contributed by atoms with Gasteiger partial charge in [0, 0.05) is 36.1 Å². The van der Waals surface area contributed by atoms with Gasteiger partial charge >= 0.3 is 6.03 Å². The number of aromatic nitrogens is 1. The molecule has 2 aliphatic rings. The normalized spacial score (nSPS) is 18.1. The van der Waals surface area contributed by atoms with E-state index in [1.807, 2.05) is 17.8 Å². The van der Waals surface area contributed by atoms with Gasteiger partial charge in [-0.25, -0.2) is 9.78 Å². The molecule has 0 saturated carbocycles. The summed E-state index contributed by atoms with van der Waals surface area (Å²) in [6, 6.07) is 7.53. The Morgan fingerprint density at radius 1 is 0.896 bits per heavy atom. The molecule has 3 heterocycles. The summed E-state index contributed by atoms with van der Waals surface area (Å²) in [7, 11) is 0. The predicted molar refractivity (Wildman–Crippen MR) is 181 cm³/mol. The number of unbranched alkanes of at least 4 members (excludes halogenated alkanes) is 1. The standard InChI is InChI=1S/C31H43N7O8S2/c32-18-29-36-22-6-5-21(17-25(22)48-29)35-28(41)19-34-27(40)7-9-43-11-13-45-15-16-46-14-12-44-10-8-33-26(39)4-2-1-3-24-30-23(20-47-24)37-31(42)38-30/h5-6,17,23-24,30H,1-4,7-16,19-20H2,(H,33,39)(H,34,40)(H,35,41)(H2,37,38,42)/t23-,24-,30-/m0/s1. The number of ether oxygens (including phenoxy) is 4. The molecule has 1 aromatic carbocycles. The Bertz CT molecular complexity index is 1400. The first-order chi connectivity index (χ1) is 23.4. The quantitative estimate of drug-likeness (QED) is 0.0829. The molecule has 2 fully saturated rings. The lowest BCUT2D eigenvalue weighted by Crippen LogP contribution is -2.36. The zero-order valence-corrected chi connectivity index (χ0v) is 28.4. The summed E-state index contributed by atoms with van der Waals surface area (Å²) in [5.74, 6) is 0.300. The van der Waals surface area contributed by atoms with Gasteiger partial charge in [-0.3, -0.25) is 14.4 Å². The lowest BCUT2D eigenvalue weighted by molar-refractivity contribution is -0.125. The molecule has 2 aromatic rings. The third kappa shape index (κ3) is 13.2. The zero-order chi connectivity index (χ0) is 34.0. The number of hydrogen-bond donors (Lipinski definition) is 5. The summed E-state index contributed by atoms with van der Waals surface area (Å²) in [6.07, 6.45) is 3.38. The number of thioether (sulfide) groups is 1. The van der Waals surface area contributed by atoms with Crippen molar-refractivity contribution in [3.8, 4) is 6.07 Å². The molecule has 0 bridgehead atoms. The first-order valence-corrected chi connectivity index (χ1v) is 17.9. The molecule has 15 nitrogen and oxygen atoms in total. The smallest absolute Gasteiger partial charge is 0.315 e. The largest absolute Gasteiger partial charge is 0.379 e.